The van der Waals surface area contributed by atoms with Crippen molar-refractivity contribution in [3.05, 3.63) is 24.3 Å². The molecule has 0 radical (unpaired) electrons. The van der Waals surface area contributed by atoms with Crippen molar-refractivity contribution in [3.63, 3.8) is 0 Å². The van der Waals surface area contributed by atoms with Crippen LogP contribution < -0.4 is 5.73 Å². The summed E-state index contributed by atoms with van der Waals surface area (Å²) in [5, 5.41) is 3.88. The van der Waals surface area contributed by atoms with E-state index < -0.39 is 0 Å². The first-order valence-corrected chi connectivity index (χ1v) is 5.86. The fraction of sp³-hybridized carbons (Fsp3) is 0.500. The molecule has 0 saturated heterocycles. The van der Waals surface area contributed by atoms with Crippen molar-refractivity contribution in [1.29, 1.82) is 0 Å². The third kappa shape index (κ3) is 3.17. The lowest BCUT2D eigenvalue weighted by Gasteiger charge is -2.06. The summed E-state index contributed by atoms with van der Waals surface area (Å²) in [6.45, 7) is 2.90. The largest absolute Gasteiger partial charge is 0.461 e. The molecule has 92 valence electrons. The van der Waals surface area contributed by atoms with Gasteiger partial charge in [0.25, 0.3) is 0 Å². The second kappa shape index (κ2) is 5.63. The number of nitrogens with zero attached hydrogens (tertiary/aromatic N) is 2. The fourth-order valence-corrected chi connectivity index (χ4v) is 1.66. The molecule has 2 rings (SSSR count). The molecule has 0 aliphatic carbocycles. The molecule has 0 bridgehead atoms. The normalized spacial score (nSPS) is 12.8. The van der Waals surface area contributed by atoms with E-state index in [1.807, 2.05) is 6.07 Å². The standard InChI is InChI=1S/C12H17N3O2/c1-9(6-7-13)4-5-11-14-12(15-17-11)10-3-2-8-16-10/h2-3,8-9H,4-7,13H2,1H3. The van der Waals surface area contributed by atoms with Gasteiger partial charge in [-0.25, -0.2) is 0 Å². The van der Waals surface area contributed by atoms with E-state index in [2.05, 4.69) is 17.1 Å². The molecule has 0 aliphatic heterocycles. The van der Waals surface area contributed by atoms with Crippen molar-refractivity contribution in [2.75, 3.05) is 6.54 Å². The highest BCUT2D eigenvalue weighted by Crippen LogP contribution is 2.17. The van der Waals surface area contributed by atoms with Crippen LogP contribution in [0.1, 0.15) is 25.7 Å². The van der Waals surface area contributed by atoms with Crippen molar-refractivity contribution in [2.24, 2.45) is 11.7 Å². The van der Waals surface area contributed by atoms with Crippen LogP contribution in [-0.4, -0.2) is 16.7 Å². The van der Waals surface area contributed by atoms with E-state index in [9.17, 15) is 0 Å². The van der Waals surface area contributed by atoms with Crippen molar-refractivity contribution in [1.82, 2.24) is 10.1 Å². The van der Waals surface area contributed by atoms with E-state index in [-0.39, 0.29) is 0 Å². The Bertz CT molecular complexity index is 436. The molecule has 0 fully saturated rings. The van der Waals surface area contributed by atoms with Crippen LogP contribution in [0, 0.1) is 5.92 Å². The molecule has 5 heteroatoms. The highest BCUT2D eigenvalue weighted by molar-refractivity contribution is 5.44. The Balaban J connectivity index is 1.91. The maximum atomic E-state index is 5.50. The minimum Gasteiger partial charge on any atom is -0.461 e. The Morgan fingerprint density at radius 2 is 2.29 bits per heavy atom. The third-order valence-corrected chi connectivity index (χ3v) is 2.72. The first kappa shape index (κ1) is 11.9. The molecule has 0 amide bonds. The quantitative estimate of drug-likeness (QED) is 0.830. The summed E-state index contributed by atoms with van der Waals surface area (Å²) < 4.78 is 10.4. The minimum absolute atomic E-state index is 0.511. The molecule has 2 N–H and O–H groups in total. The molecule has 0 saturated carbocycles. The van der Waals surface area contributed by atoms with Gasteiger partial charge in [0.1, 0.15) is 0 Å². The number of nitrogens with two attached hydrogens (primary N) is 1. The van der Waals surface area contributed by atoms with Crippen molar-refractivity contribution < 1.29 is 8.94 Å². The van der Waals surface area contributed by atoms with Crippen LogP contribution in [0.15, 0.2) is 27.3 Å². The van der Waals surface area contributed by atoms with Gasteiger partial charge in [-0.05, 0) is 37.4 Å². The summed E-state index contributed by atoms with van der Waals surface area (Å²) in [5.74, 6) is 2.38. The number of aromatic nitrogens is 2. The number of rotatable bonds is 6. The number of hydrogen-bond acceptors (Lipinski definition) is 5. The van der Waals surface area contributed by atoms with E-state index in [1.165, 1.54) is 0 Å². The molecule has 2 aromatic rings. The third-order valence-electron chi connectivity index (χ3n) is 2.72. The molecule has 0 aliphatic rings. The monoisotopic (exact) mass is 235 g/mol. The first-order valence-electron chi connectivity index (χ1n) is 5.86. The highest BCUT2D eigenvalue weighted by atomic mass is 16.5. The molecular weight excluding hydrogens is 218 g/mol. The SMILES string of the molecule is CC(CCN)CCc1nc(-c2ccco2)no1. The highest BCUT2D eigenvalue weighted by Gasteiger charge is 2.11. The molecule has 1 atom stereocenters. The van der Waals surface area contributed by atoms with Crippen LogP contribution in [0.3, 0.4) is 0 Å². The van der Waals surface area contributed by atoms with E-state index in [0.717, 1.165) is 25.8 Å². The van der Waals surface area contributed by atoms with Gasteiger partial charge >= 0.3 is 0 Å². The molecule has 17 heavy (non-hydrogen) atoms. The van der Waals surface area contributed by atoms with Gasteiger partial charge < -0.3 is 14.7 Å². The second-order valence-corrected chi connectivity index (χ2v) is 4.21. The van der Waals surface area contributed by atoms with Gasteiger partial charge in [-0.2, -0.15) is 4.98 Å². The molecule has 2 heterocycles. The summed E-state index contributed by atoms with van der Waals surface area (Å²) >= 11 is 0. The predicted octanol–water partition coefficient (Wildman–Crippen LogP) is 2.25. The Morgan fingerprint density at radius 1 is 1.41 bits per heavy atom. The second-order valence-electron chi connectivity index (χ2n) is 4.21. The van der Waals surface area contributed by atoms with E-state index >= 15 is 0 Å². The van der Waals surface area contributed by atoms with Crippen LogP contribution >= 0.6 is 0 Å². The summed E-state index contributed by atoms with van der Waals surface area (Å²) in [6, 6.07) is 3.61. The van der Waals surface area contributed by atoms with Gasteiger partial charge in [0.05, 0.1) is 6.26 Å². The lowest BCUT2D eigenvalue weighted by molar-refractivity contribution is 0.361. The predicted molar refractivity (Wildman–Crippen MR) is 63.2 cm³/mol. The van der Waals surface area contributed by atoms with Gasteiger partial charge in [0.2, 0.25) is 11.7 Å². The molecule has 5 nitrogen and oxygen atoms in total. The molecule has 2 aromatic heterocycles. The summed E-state index contributed by atoms with van der Waals surface area (Å²) in [7, 11) is 0. The van der Waals surface area contributed by atoms with Crippen molar-refractivity contribution >= 4 is 0 Å². The summed E-state index contributed by atoms with van der Waals surface area (Å²) in [4.78, 5) is 4.28. The van der Waals surface area contributed by atoms with Crippen molar-refractivity contribution in [2.45, 2.75) is 26.2 Å². The fourth-order valence-electron chi connectivity index (χ4n) is 1.66. The summed E-state index contributed by atoms with van der Waals surface area (Å²) in [6.07, 6.45) is 4.42. The average molecular weight is 235 g/mol. The maximum absolute atomic E-state index is 5.50. The zero-order chi connectivity index (χ0) is 12.1. The minimum atomic E-state index is 0.511. The molecular formula is C12H17N3O2. The van der Waals surface area contributed by atoms with Crippen LogP contribution in [-0.2, 0) is 6.42 Å². The van der Waals surface area contributed by atoms with E-state index in [1.54, 1.807) is 12.3 Å². The Hall–Kier alpha value is -1.62. The van der Waals surface area contributed by atoms with Crippen LogP contribution in [0.25, 0.3) is 11.6 Å². The average Bonchev–Trinajstić information content (AvgIpc) is 2.97. The van der Waals surface area contributed by atoms with Crippen LogP contribution in [0.2, 0.25) is 0 Å². The van der Waals surface area contributed by atoms with E-state index in [4.69, 9.17) is 14.7 Å². The first-order chi connectivity index (χ1) is 8.29. The van der Waals surface area contributed by atoms with Crippen LogP contribution in [0.4, 0.5) is 0 Å². The van der Waals surface area contributed by atoms with Gasteiger partial charge in [-0.15, -0.1) is 0 Å². The lowest BCUT2D eigenvalue weighted by atomic mass is 10.0. The van der Waals surface area contributed by atoms with Gasteiger partial charge in [-0.1, -0.05) is 12.1 Å². The van der Waals surface area contributed by atoms with Gasteiger partial charge in [0, 0.05) is 6.42 Å². The summed E-state index contributed by atoms with van der Waals surface area (Å²) in [5.41, 5.74) is 5.50. The zero-order valence-electron chi connectivity index (χ0n) is 9.93. The Morgan fingerprint density at radius 3 is 3.00 bits per heavy atom. The number of furan rings is 1. The van der Waals surface area contributed by atoms with E-state index in [0.29, 0.717) is 23.4 Å². The lowest BCUT2D eigenvalue weighted by Crippen LogP contribution is -2.06. The topological polar surface area (TPSA) is 78.1 Å². The Labute approximate surface area is 100.0 Å². The maximum Gasteiger partial charge on any atom is 0.238 e. The van der Waals surface area contributed by atoms with Gasteiger partial charge in [0.15, 0.2) is 5.76 Å². The van der Waals surface area contributed by atoms with Crippen molar-refractivity contribution in [3.8, 4) is 11.6 Å². The zero-order valence-corrected chi connectivity index (χ0v) is 9.93. The van der Waals surface area contributed by atoms with Crippen LogP contribution in [0.5, 0.6) is 0 Å². The Kier molecular flexibility index (Phi) is 3.93. The van der Waals surface area contributed by atoms with Gasteiger partial charge in [-0.3, -0.25) is 0 Å². The molecule has 1 unspecified atom stereocenters. The molecule has 0 aromatic carbocycles. The number of aryl methyl sites for hydroxylation is 1. The number of hydrogen-bond donors (Lipinski definition) is 1. The molecule has 0 spiro atoms. The smallest absolute Gasteiger partial charge is 0.238 e.